The standard InChI is InChI=1S/C23H26Cl2N4O2/c1-23(2,3)31-22(30)28-12-10-27(11-13-28)21-26-19-6-4-5-7-20(19)29(21)15-16-8-9-17(24)14-18(16)25/h4-9,14H,10-13,15H2,1-3H3. The number of hydrogen-bond acceptors (Lipinski definition) is 4. The summed E-state index contributed by atoms with van der Waals surface area (Å²) in [6.45, 7) is 8.74. The molecule has 2 aromatic carbocycles. The molecule has 1 aromatic heterocycles. The van der Waals surface area contributed by atoms with Crippen LogP contribution in [-0.2, 0) is 11.3 Å². The number of benzene rings is 2. The van der Waals surface area contributed by atoms with E-state index in [1.165, 1.54) is 0 Å². The number of imidazole rings is 1. The molecule has 8 heteroatoms. The second kappa shape index (κ2) is 8.60. The molecule has 164 valence electrons. The summed E-state index contributed by atoms with van der Waals surface area (Å²) in [6, 6.07) is 13.6. The van der Waals surface area contributed by atoms with Crippen LogP contribution in [0, 0.1) is 0 Å². The van der Waals surface area contributed by atoms with Gasteiger partial charge in [0.2, 0.25) is 5.95 Å². The van der Waals surface area contributed by atoms with E-state index in [2.05, 4.69) is 15.5 Å². The van der Waals surface area contributed by atoms with Gasteiger partial charge in [-0.1, -0.05) is 41.4 Å². The highest BCUT2D eigenvalue weighted by Gasteiger charge is 2.28. The van der Waals surface area contributed by atoms with Crippen LogP contribution in [0.25, 0.3) is 11.0 Å². The van der Waals surface area contributed by atoms with Gasteiger partial charge in [-0.15, -0.1) is 0 Å². The van der Waals surface area contributed by atoms with E-state index >= 15 is 0 Å². The van der Waals surface area contributed by atoms with Crippen molar-refractivity contribution in [2.45, 2.75) is 32.9 Å². The van der Waals surface area contributed by atoms with Gasteiger partial charge < -0.3 is 19.1 Å². The molecule has 0 aliphatic carbocycles. The number of ether oxygens (including phenoxy) is 1. The zero-order chi connectivity index (χ0) is 22.2. The van der Waals surface area contributed by atoms with Gasteiger partial charge in [-0.3, -0.25) is 0 Å². The molecular weight excluding hydrogens is 435 g/mol. The number of halogens is 2. The predicted molar refractivity (Wildman–Crippen MR) is 125 cm³/mol. The highest BCUT2D eigenvalue weighted by Crippen LogP contribution is 2.28. The number of piperazine rings is 1. The Kier molecular flexibility index (Phi) is 6.04. The molecule has 1 amide bonds. The molecule has 3 aromatic rings. The SMILES string of the molecule is CC(C)(C)OC(=O)N1CCN(c2nc3ccccc3n2Cc2ccc(Cl)cc2Cl)CC1. The molecule has 1 saturated heterocycles. The normalized spacial score (nSPS) is 14.9. The van der Waals surface area contributed by atoms with Crippen molar-refractivity contribution < 1.29 is 9.53 Å². The van der Waals surface area contributed by atoms with Crippen LogP contribution in [-0.4, -0.2) is 52.3 Å². The zero-order valence-corrected chi connectivity index (χ0v) is 19.5. The Hall–Kier alpha value is -2.44. The Balaban J connectivity index is 1.58. The molecule has 0 bridgehead atoms. The number of rotatable bonds is 3. The lowest BCUT2D eigenvalue weighted by Crippen LogP contribution is -2.50. The largest absolute Gasteiger partial charge is 0.444 e. The highest BCUT2D eigenvalue weighted by molar-refractivity contribution is 6.35. The fraction of sp³-hybridized carbons (Fsp3) is 0.391. The summed E-state index contributed by atoms with van der Waals surface area (Å²) < 4.78 is 7.69. The van der Waals surface area contributed by atoms with Crippen LogP contribution < -0.4 is 4.90 Å². The number of aromatic nitrogens is 2. The molecule has 0 saturated carbocycles. The molecule has 2 heterocycles. The summed E-state index contributed by atoms with van der Waals surface area (Å²) in [4.78, 5) is 21.3. The third kappa shape index (κ3) is 4.91. The number of carbonyl (C=O) groups excluding carboxylic acids is 1. The van der Waals surface area contributed by atoms with Crippen LogP contribution in [0.3, 0.4) is 0 Å². The fourth-order valence-electron chi connectivity index (χ4n) is 3.70. The van der Waals surface area contributed by atoms with E-state index in [1.807, 2.05) is 51.1 Å². The number of amides is 1. The van der Waals surface area contributed by atoms with Gasteiger partial charge in [0, 0.05) is 36.2 Å². The van der Waals surface area contributed by atoms with Crippen molar-refractivity contribution in [2.24, 2.45) is 0 Å². The average Bonchev–Trinajstić information content (AvgIpc) is 3.07. The van der Waals surface area contributed by atoms with Gasteiger partial charge in [-0.25, -0.2) is 9.78 Å². The van der Waals surface area contributed by atoms with Crippen molar-refractivity contribution in [3.8, 4) is 0 Å². The minimum Gasteiger partial charge on any atom is -0.444 e. The van der Waals surface area contributed by atoms with Crippen molar-refractivity contribution in [1.29, 1.82) is 0 Å². The summed E-state index contributed by atoms with van der Waals surface area (Å²) in [6.07, 6.45) is -0.270. The lowest BCUT2D eigenvalue weighted by molar-refractivity contribution is 0.0240. The summed E-state index contributed by atoms with van der Waals surface area (Å²) in [5.74, 6) is 0.871. The number of anilines is 1. The molecule has 0 radical (unpaired) electrons. The minimum absolute atomic E-state index is 0.270. The summed E-state index contributed by atoms with van der Waals surface area (Å²) in [5, 5.41) is 1.24. The first-order valence-electron chi connectivity index (χ1n) is 10.3. The summed E-state index contributed by atoms with van der Waals surface area (Å²) >= 11 is 12.5. The van der Waals surface area contributed by atoms with E-state index in [1.54, 1.807) is 11.0 Å². The van der Waals surface area contributed by atoms with Gasteiger partial charge in [-0.2, -0.15) is 0 Å². The van der Waals surface area contributed by atoms with Crippen LogP contribution in [0.4, 0.5) is 10.7 Å². The zero-order valence-electron chi connectivity index (χ0n) is 17.9. The van der Waals surface area contributed by atoms with Gasteiger partial charge >= 0.3 is 6.09 Å². The van der Waals surface area contributed by atoms with E-state index in [4.69, 9.17) is 32.9 Å². The van der Waals surface area contributed by atoms with Gasteiger partial charge in [0.15, 0.2) is 0 Å². The average molecular weight is 461 g/mol. The Morgan fingerprint density at radius 2 is 1.77 bits per heavy atom. The number of carbonyl (C=O) groups is 1. The molecule has 0 spiro atoms. The Bertz CT molecular complexity index is 1100. The first kappa shape index (κ1) is 21.8. The van der Waals surface area contributed by atoms with E-state index < -0.39 is 5.60 Å². The van der Waals surface area contributed by atoms with Crippen molar-refractivity contribution in [3.63, 3.8) is 0 Å². The topological polar surface area (TPSA) is 50.6 Å². The second-order valence-corrected chi connectivity index (χ2v) is 9.52. The Morgan fingerprint density at radius 3 is 2.45 bits per heavy atom. The molecule has 6 nitrogen and oxygen atoms in total. The molecule has 0 N–H and O–H groups in total. The first-order valence-corrected chi connectivity index (χ1v) is 11.1. The third-order valence-corrected chi connectivity index (χ3v) is 5.78. The molecule has 1 fully saturated rings. The second-order valence-electron chi connectivity index (χ2n) is 8.68. The van der Waals surface area contributed by atoms with E-state index in [0.717, 1.165) is 22.5 Å². The van der Waals surface area contributed by atoms with Crippen LogP contribution in [0.5, 0.6) is 0 Å². The summed E-state index contributed by atoms with van der Waals surface area (Å²) in [7, 11) is 0. The Labute approximate surface area is 192 Å². The number of fused-ring (bicyclic) bond motifs is 1. The number of para-hydroxylation sites is 2. The molecule has 31 heavy (non-hydrogen) atoms. The molecular formula is C23H26Cl2N4O2. The highest BCUT2D eigenvalue weighted by atomic mass is 35.5. The molecule has 4 rings (SSSR count). The minimum atomic E-state index is -0.500. The van der Waals surface area contributed by atoms with Crippen LogP contribution in [0.1, 0.15) is 26.3 Å². The van der Waals surface area contributed by atoms with Gasteiger partial charge in [-0.05, 0) is 50.6 Å². The fourth-order valence-corrected chi connectivity index (χ4v) is 4.16. The van der Waals surface area contributed by atoms with E-state index in [-0.39, 0.29) is 6.09 Å². The summed E-state index contributed by atoms with van der Waals surface area (Å²) in [5.41, 5.74) is 2.44. The van der Waals surface area contributed by atoms with Crippen LogP contribution in [0.15, 0.2) is 42.5 Å². The maximum absolute atomic E-state index is 12.4. The van der Waals surface area contributed by atoms with Crippen molar-refractivity contribution >= 4 is 46.3 Å². The quantitative estimate of drug-likeness (QED) is 0.521. The first-order chi connectivity index (χ1) is 14.7. The number of hydrogen-bond donors (Lipinski definition) is 0. The van der Waals surface area contributed by atoms with Crippen molar-refractivity contribution in [1.82, 2.24) is 14.5 Å². The Morgan fingerprint density at radius 1 is 1.06 bits per heavy atom. The van der Waals surface area contributed by atoms with Crippen LogP contribution >= 0.6 is 23.2 Å². The lowest BCUT2D eigenvalue weighted by Gasteiger charge is -2.36. The van der Waals surface area contributed by atoms with Crippen molar-refractivity contribution in [3.05, 3.63) is 58.1 Å². The monoisotopic (exact) mass is 460 g/mol. The van der Waals surface area contributed by atoms with E-state index in [9.17, 15) is 4.79 Å². The molecule has 0 unspecified atom stereocenters. The molecule has 0 atom stereocenters. The predicted octanol–water partition coefficient (Wildman–Crippen LogP) is 5.45. The maximum atomic E-state index is 12.4. The lowest BCUT2D eigenvalue weighted by atomic mass is 10.2. The third-order valence-electron chi connectivity index (χ3n) is 5.19. The molecule has 1 aliphatic rings. The molecule has 1 aliphatic heterocycles. The van der Waals surface area contributed by atoms with E-state index in [0.29, 0.717) is 42.8 Å². The van der Waals surface area contributed by atoms with Crippen molar-refractivity contribution in [2.75, 3.05) is 31.1 Å². The smallest absolute Gasteiger partial charge is 0.410 e. The van der Waals surface area contributed by atoms with Gasteiger partial charge in [0.25, 0.3) is 0 Å². The van der Waals surface area contributed by atoms with Crippen LogP contribution in [0.2, 0.25) is 10.0 Å². The maximum Gasteiger partial charge on any atom is 0.410 e. The van der Waals surface area contributed by atoms with Gasteiger partial charge in [0.05, 0.1) is 17.6 Å². The van der Waals surface area contributed by atoms with Gasteiger partial charge in [0.1, 0.15) is 5.60 Å². The number of nitrogens with zero attached hydrogens (tertiary/aromatic N) is 4.